The first-order chi connectivity index (χ1) is 15.6. The van der Waals surface area contributed by atoms with Crippen molar-refractivity contribution >= 4 is 46.7 Å². The number of halogens is 2. The summed E-state index contributed by atoms with van der Waals surface area (Å²) in [5.74, 6) is 0.449. The molecule has 174 valence electrons. The Morgan fingerprint density at radius 2 is 1.82 bits per heavy atom. The van der Waals surface area contributed by atoms with Gasteiger partial charge < -0.3 is 10.6 Å². The van der Waals surface area contributed by atoms with Gasteiger partial charge in [-0.3, -0.25) is 14.5 Å². The summed E-state index contributed by atoms with van der Waals surface area (Å²) in [7, 11) is 0. The Labute approximate surface area is 204 Å². The zero-order valence-corrected chi connectivity index (χ0v) is 20.5. The fourth-order valence-corrected chi connectivity index (χ4v) is 4.93. The molecule has 0 spiro atoms. The number of rotatable bonds is 5. The summed E-state index contributed by atoms with van der Waals surface area (Å²) in [6.07, 6.45) is 0.707. The molecule has 2 heterocycles. The summed E-state index contributed by atoms with van der Waals surface area (Å²) < 4.78 is 0. The summed E-state index contributed by atoms with van der Waals surface area (Å²) >= 11 is 12.3. The van der Waals surface area contributed by atoms with Gasteiger partial charge >= 0.3 is 0 Å². The maximum atomic E-state index is 12.9. The van der Waals surface area contributed by atoms with Crippen LogP contribution in [0.2, 0.25) is 10.0 Å². The van der Waals surface area contributed by atoms with Crippen molar-refractivity contribution in [3.05, 3.63) is 63.6 Å². The second-order valence-corrected chi connectivity index (χ2v) is 10.3. The smallest absolute Gasteiger partial charge is 0.232 e. The molecular weight excluding hydrogens is 459 g/mol. The van der Waals surface area contributed by atoms with Gasteiger partial charge in [-0.15, -0.1) is 0 Å². The first-order valence-corrected chi connectivity index (χ1v) is 11.8. The van der Waals surface area contributed by atoms with E-state index in [1.54, 1.807) is 11.0 Å². The Balaban J connectivity index is 1.53. The Kier molecular flexibility index (Phi) is 6.43. The molecule has 0 bridgehead atoms. The number of nitrogens with zero attached hydrogens (tertiary/aromatic N) is 3. The molecule has 0 aliphatic carbocycles. The quantitative estimate of drug-likeness (QED) is 0.647. The average Bonchev–Trinajstić information content (AvgIpc) is 3.12. The molecular formula is C25H28Cl2N4O2. The topological polar surface area (TPSA) is 79.0 Å². The molecule has 2 aromatic carbocycles. The number of guanidine groups is 1. The van der Waals surface area contributed by atoms with Crippen LogP contribution in [-0.2, 0) is 16.1 Å². The molecule has 4 rings (SSSR count). The van der Waals surface area contributed by atoms with Crippen molar-refractivity contribution in [1.82, 2.24) is 4.90 Å². The van der Waals surface area contributed by atoms with Crippen LogP contribution < -0.4 is 10.6 Å². The number of benzene rings is 2. The van der Waals surface area contributed by atoms with Crippen LogP contribution in [-0.4, -0.2) is 34.8 Å². The number of amides is 2. The molecule has 33 heavy (non-hydrogen) atoms. The van der Waals surface area contributed by atoms with E-state index >= 15 is 0 Å². The van der Waals surface area contributed by atoms with Gasteiger partial charge in [-0.25, -0.2) is 4.99 Å². The van der Waals surface area contributed by atoms with E-state index in [0.717, 1.165) is 16.8 Å². The van der Waals surface area contributed by atoms with Crippen molar-refractivity contribution in [2.75, 3.05) is 11.4 Å². The van der Waals surface area contributed by atoms with Crippen molar-refractivity contribution in [2.24, 2.45) is 16.6 Å². The lowest BCUT2D eigenvalue weighted by atomic mass is 9.84. The van der Waals surface area contributed by atoms with Gasteiger partial charge in [0.1, 0.15) is 0 Å². The molecule has 1 fully saturated rings. The molecule has 0 radical (unpaired) electrons. The van der Waals surface area contributed by atoms with Gasteiger partial charge in [-0.05, 0) is 54.3 Å². The molecule has 2 amide bonds. The highest BCUT2D eigenvalue weighted by atomic mass is 35.5. The monoisotopic (exact) mass is 486 g/mol. The first kappa shape index (κ1) is 23.6. The molecule has 2 N–H and O–H groups in total. The van der Waals surface area contributed by atoms with Crippen LogP contribution >= 0.6 is 23.2 Å². The summed E-state index contributed by atoms with van der Waals surface area (Å²) in [6, 6.07) is 13.1. The van der Waals surface area contributed by atoms with E-state index in [4.69, 9.17) is 28.9 Å². The van der Waals surface area contributed by atoms with Crippen LogP contribution in [0.1, 0.15) is 50.7 Å². The predicted molar refractivity (Wildman–Crippen MR) is 133 cm³/mol. The highest BCUT2D eigenvalue weighted by Crippen LogP contribution is 2.35. The van der Waals surface area contributed by atoms with Crippen LogP contribution in [0.5, 0.6) is 0 Å². The van der Waals surface area contributed by atoms with Gasteiger partial charge in [0.25, 0.3) is 0 Å². The second-order valence-electron chi connectivity index (χ2n) is 9.42. The second kappa shape index (κ2) is 8.99. The van der Waals surface area contributed by atoms with E-state index in [1.165, 1.54) is 4.90 Å². The fourth-order valence-electron chi connectivity index (χ4n) is 4.39. The van der Waals surface area contributed by atoms with Crippen LogP contribution in [0.15, 0.2) is 47.5 Å². The van der Waals surface area contributed by atoms with Crippen LogP contribution in [0.3, 0.4) is 0 Å². The number of nitrogens with two attached hydrogens (primary N) is 1. The molecule has 1 unspecified atom stereocenters. The lowest BCUT2D eigenvalue weighted by Crippen LogP contribution is -2.51. The maximum absolute atomic E-state index is 12.9. The van der Waals surface area contributed by atoms with Crippen LogP contribution in [0.4, 0.5) is 5.69 Å². The molecule has 0 saturated carbocycles. The number of carbonyl (C=O) groups excluding carboxylic acids is 2. The summed E-state index contributed by atoms with van der Waals surface area (Å²) in [5.41, 5.74) is 8.33. The maximum Gasteiger partial charge on any atom is 0.232 e. The van der Waals surface area contributed by atoms with E-state index in [0.29, 0.717) is 36.0 Å². The third-order valence-corrected chi connectivity index (χ3v) is 7.18. The van der Waals surface area contributed by atoms with E-state index in [2.05, 4.69) is 4.99 Å². The minimum atomic E-state index is -0.486. The fraction of sp³-hybridized carbons (Fsp3) is 0.400. The molecule has 0 aromatic heterocycles. The summed E-state index contributed by atoms with van der Waals surface area (Å²) in [5, 5.41) is 1.12. The van der Waals surface area contributed by atoms with Crippen molar-refractivity contribution in [2.45, 2.75) is 51.6 Å². The highest BCUT2D eigenvalue weighted by Gasteiger charge is 2.38. The van der Waals surface area contributed by atoms with Crippen LogP contribution in [0, 0.1) is 5.92 Å². The van der Waals surface area contributed by atoms with Gasteiger partial charge in [-0.2, -0.15) is 0 Å². The van der Waals surface area contributed by atoms with Crippen molar-refractivity contribution in [1.29, 1.82) is 0 Å². The number of anilines is 1. The molecule has 8 heteroatoms. The standard InChI is InChI=1S/C25H28Cl2N4O2/c1-15(2)25(3)12-23(33)31(24(28)29-25)13-16-5-4-6-21(7-16)30-14-18(10-22(30)32)17-8-19(26)11-20(27)9-17/h4-9,11,15,18H,10,12-14H2,1-3H3,(H2,28,29)/t18?,25-/m0/s1. The van der Waals surface area contributed by atoms with Gasteiger partial charge in [0.2, 0.25) is 11.8 Å². The predicted octanol–water partition coefficient (Wildman–Crippen LogP) is 4.98. The Bertz CT molecular complexity index is 1110. The third kappa shape index (κ3) is 4.87. The molecule has 6 nitrogen and oxygen atoms in total. The average molecular weight is 487 g/mol. The number of carbonyl (C=O) groups is 2. The largest absolute Gasteiger partial charge is 0.369 e. The molecule has 2 aromatic rings. The van der Waals surface area contributed by atoms with Gasteiger partial charge in [0, 0.05) is 34.6 Å². The number of aliphatic imine (C=N–C) groups is 1. The van der Waals surface area contributed by atoms with Gasteiger partial charge in [0.15, 0.2) is 5.96 Å². The zero-order chi connectivity index (χ0) is 23.9. The minimum Gasteiger partial charge on any atom is -0.369 e. The van der Waals surface area contributed by atoms with Crippen molar-refractivity contribution in [3.63, 3.8) is 0 Å². The van der Waals surface area contributed by atoms with E-state index in [1.807, 2.05) is 57.2 Å². The van der Waals surface area contributed by atoms with E-state index < -0.39 is 5.54 Å². The van der Waals surface area contributed by atoms with Crippen molar-refractivity contribution < 1.29 is 9.59 Å². The lowest BCUT2D eigenvalue weighted by Gasteiger charge is -2.37. The summed E-state index contributed by atoms with van der Waals surface area (Å²) in [6.45, 7) is 6.90. The third-order valence-electron chi connectivity index (χ3n) is 6.74. The van der Waals surface area contributed by atoms with E-state index in [-0.39, 0.29) is 29.6 Å². The number of hydrogen-bond acceptors (Lipinski definition) is 4. The SMILES string of the molecule is CC(C)[C@]1(C)CC(=O)N(Cc2cccc(N3CC(c4cc(Cl)cc(Cl)c4)CC3=O)c2)C(N)=N1. The van der Waals surface area contributed by atoms with Crippen molar-refractivity contribution in [3.8, 4) is 0 Å². The normalized spacial score (nSPS) is 23.5. The zero-order valence-electron chi connectivity index (χ0n) is 19.0. The van der Waals surface area contributed by atoms with Crippen LogP contribution in [0.25, 0.3) is 0 Å². The number of hydrogen-bond donors (Lipinski definition) is 1. The van der Waals surface area contributed by atoms with Gasteiger partial charge in [-0.1, -0.05) is 49.2 Å². The lowest BCUT2D eigenvalue weighted by molar-refractivity contribution is -0.130. The molecule has 1 saturated heterocycles. The molecule has 2 aliphatic rings. The Morgan fingerprint density at radius 3 is 2.45 bits per heavy atom. The van der Waals surface area contributed by atoms with Gasteiger partial charge in [0.05, 0.1) is 18.5 Å². The Morgan fingerprint density at radius 1 is 1.12 bits per heavy atom. The molecule has 2 atom stereocenters. The first-order valence-electron chi connectivity index (χ1n) is 11.1. The van der Waals surface area contributed by atoms with E-state index in [9.17, 15) is 9.59 Å². The minimum absolute atomic E-state index is 0.0116. The Hall–Kier alpha value is -2.57. The summed E-state index contributed by atoms with van der Waals surface area (Å²) in [4.78, 5) is 33.6. The molecule has 2 aliphatic heterocycles. The highest BCUT2D eigenvalue weighted by molar-refractivity contribution is 6.34.